The van der Waals surface area contributed by atoms with Crippen molar-refractivity contribution in [3.8, 4) is 0 Å². The van der Waals surface area contributed by atoms with Crippen molar-refractivity contribution < 1.29 is 4.74 Å². The molecule has 1 unspecified atom stereocenters. The Bertz CT molecular complexity index is 509. The number of guanidine groups is 1. The molecule has 1 atom stereocenters. The highest BCUT2D eigenvalue weighted by Crippen LogP contribution is 2.16. The standard InChI is InChI=1S/C16H25ClN4O/c1-18-16(19-10-14-12-20(2)8-9-22-14)21(3)11-13-6-4-5-7-15(13)17/h4-7,14H,8-12H2,1-3H3,(H,18,19). The molecule has 22 heavy (non-hydrogen) atoms. The van der Waals surface area contributed by atoms with Crippen LogP contribution in [0.1, 0.15) is 5.56 Å². The normalized spacial score (nSPS) is 20.0. The fourth-order valence-corrected chi connectivity index (χ4v) is 2.73. The van der Waals surface area contributed by atoms with E-state index >= 15 is 0 Å². The largest absolute Gasteiger partial charge is 0.374 e. The van der Waals surface area contributed by atoms with Crippen LogP contribution in [0.2, 0.25) is 5.02 Å². The minimum atomic E-state index is 0.198. The number of hydrogen-bond donors (Lipinski definition) is 1. The molecule has 0 aromatic heterocycles. The molecule has 6 heteroatoms. The summed E-state index contributed by atoms with van der Waals surface area (Å²) < 4.78 is 5.76. The van der Waals surface area contributed by atoms with Crippen LogP contribution in [0.25, 0.3) is 0 Å². The van der Waals surface area contributed by atoms with Crippen molar-refractivity contribution >= 4 is 17.6 Å². The van der Waals surface area contributed by atoms with E-state index in [1.807, 2.05) is 31.3 Å². The highest BCUT2D eigenvalue weighted by molar-refractivity contribution is 6.31. The monoisotopic (exact) mass is 324 g/mol. The van der Waals surface area contributed by atoms with Crippen molar-refractivity contribution in [2.24, 2.45) is 4.99 Å². The van der Waals surface area contributed by atoms with E-state index in [1.165, 1.54) is 0 Å². The second-order valence-electron chi connectivity index (χ2n) is 5.63. The quantitative estimate of drug-likeness (QED) is 0.676. The number of rotatable bonds is 4. The maximum atomic E-state index is 6.22. The van der Waals surface area contributed by atoms with Crippen LogP contribution in [0.3, 0.4) is 0 Å². The van der Waals surface area contributed by atoms with Crippen molar-refractivity contribution in [2.75, 3.05) is 47.4 Å². The smallest absolute Gasteiger partial charge is 0.193 e. The molecule has 1 aliphatic heterocycles. The maximum absolute atomic E-state index is 6.22. The zero-order chi connectivity index (χ0) is 15.9. The Hall–Kier alpha value is -1.30. The fraction of sp³-hybridized carbons (Fsp3) is 0.562. The highest BCUT2D eigenvalue weighted by Gasteiger charge is 2.18. The minimum absolute atomic E-state index is 0.198. The Morgan fingerprint density at radius 1 is 1.50 bits per heavy atom. The molecule has 0 aliphatic carbocycles. The van der Waals surface area contributed by atoms with Gasteiger partial charge in [0, 0.05) is 45.3 Å². The van der Waals surface area contributed by atoms with Crippen LogP contribution in [-0.4, -0.2) is 69.2 Å². The van der Waals surface area contributed by atoms with Crippen molar-refractivity contribution in [3.05, 3.63) is 34.9 Å². The van der Waals surface area contributed by atoms with Crippen LogP contribution in [0.4, 0.5) is 0 Å². The van der Waals surface area contributed by atoms with E-state index in [0.717, 1.165) is 42.8 Å². The average molecular weight is 325 g/mol. The molecule has 0 radical (unpaired) electrons. The average Bonchev–Trinajstić information content (AvgIpc) is 2.50. The summed E-state index contributed by atoms with van der Waals surface area (Å²) in [6.45, 7) is 4.20. The maximum Gasteiger partial charge on any atom is 0.193 e. The summed E-state index contributed by atoms with van der Waals surface area (Å²) >= 11 is 6.22. The predicted molar refractivity (Wildman–Crippen MR) is 91.5 cm³/mol. The van der Waals surface area contributed by atoms with Gasteiger partial charge < -0.3 is 19.9 Å². The molecule has 0 spiro atoms. The van der Waals surface area contributed by atoms with E-state index in [2.05, 4.69) is 27.2 Å². The van der Waals surface area contributed by atoms with E-state index < -0.39 is 0 Å². The number of aliphatic imine (C=N–C) groups is 1. The number of nitrogens with one attached hydrogen (secondary N) is 1. The van der Waals surface area contributed by atoms with Crippen molar-refractivity contribution in [3.63, 3.8) is 0 Å². The molecule has 122 valence electrons. The van der Waals surface area contributed by atoms with E-state index in [9.17, 15) is 0 Å². The van der Waals surface area contributed by atoms with Gasteiger partial charge in [-0.3, -0.25) is 4.99 Å². The molecule has 0 bridgehead atoms. The lowest BCUT2D eigenvalue weighted by molar-refractivity contribution is -0.0163. The number of benzene rings is 1. The predicted octanol–water partition coefficient (Wildman–Crippen LogP) is 1.68. The number of nitrogens with zero attached hydrogens (tertiary/aromatic N) is 3. The van der Waals surface area contributed by atoms with Crippen LogP contribution in [0, 0.1) is 0 Å². The highest BCUT2D eigenvalue weighted by atomic mass is 35.5. The molecular weight excluding hydrogens is 300 g/mol. The van der Waals surface area contributed by atoms with Gasteiger partial charge in [0.05, 0.1) is 12.7 Å². The SMILES string of the molecule is CN=C(NCC1CN(C)CCO1)N(C)Cc1ccccc1Cl. The van der Waals surface area contributed by atoms with Gasteiger partial charge in [-0.25, -0.2) is 0 Å². The second kappa shape index (κ2) is 8.36. The van der Waals surface area contributed by atoms with E-state index in [4.69, 9.17) is 16.3 Å². The van der Waals surface area contributed by atoms with Gasteiger partial charge in [-0.15, -0.1) is 0 Å². The number of likely N-dealkylation sites (N-methyl/N-ethyl adjacent to an activating group) is 1. The Morgan fingerprint density at radius 3 is 2.95 bits per heavy atom. The van der Waals surface area contributed by atoms with Gasteiger partial charge in [-0.1, -0.05) is 29.8 Å². The van der Waals surface area contributed by atoms with Gasteiger partial charge in [-0.2, -0.15) is 0 Å². The molecular formula is C16H25ClN4O. The molecule has 0 amide bonds. The summed E-state index contributed by atoms with van der Waals surface area (Å²) in [5.41, 5.74) is 1.09. The molecule has 1 heterocycles. The summed E-state index contributed by atoms with van der Waals surface area (Å²) in [7, 11) is 5.92. The summed E-state index contributed by atoms with van der Waals surface area (Å²) in [6.07, 6.45) is 0.198. The second-order valence-corrected chi connectivity index (χ2v) is 6.04. The molecule has 1 aliphatic rings. The lowest BCUT2D eigenvalue weighted by Crippen LogP contribution is -2.48. The zero-order valence-corrected chi connectivity index (χ0v) is 14.3. The van der Waals surface area contributed by atoms with Gasteiger partial charge in [0.2, 0.25) is 0 Å². The Morgan fingerprint density at radius 2 is 2.27 bits per heavy atom. The number of halogens is 1. The third kappa shape index (κ3) is 4.87. The van der Waals surface area contributed by atoms with Gasteiger partial charge in [-0.05, 0) is 18.7 Å². The third-order valence-electron chi connectivity index (χ3n) is 3.77. The van der Waals surface area contributed by atoms with Crippen LogP contribution >= 0.6 is 11.6 Å². The van der Waals surface area contributed by atoms with Gasteiger partial charge in [0.15, 0.2) is 5.96 Å². The van der Waals surface area contributed by atoms with Crippen LogP contribution in [0.15, 0.2) is 29.3 Å². The van der Waals surface area contributed by atoms with Crippen molar-refractivity contribution in [2.45, 2.75) is 12.6 Å². The van der Waals surface area contributed by atoms with E-state index in [1.54, 1.807) is 7.05 Å². The molecule has 1 fully saturated rings. The summed E-state index contributed by atoms with van der Waals surface area (Å²) in [6, 6.07) is 7.88. The first-order valence-electron chi connectivity index (χ1n) is 7.55. The fourth-order valence-electron chi connectivity index (χ4n) is 2.54. The zero-order valence-electron chi connectivity index (χ0n) is 13.6. The number of ether oxygens (including phenoxy) is 1. The van der Waals surface area contributed by atoms with Crippen LogP contribution < -0.4 is 5.32 Å². The van der Waals surface area contributed by atoms with Crippen LogP contribution in [-0.2, 0) is 11.3 Å². The number of morpholine rings is 1. The lowest BCUT2D eigenvalue weighted by Gasteiger charge is -2.31. The first kappa shape index (κ1) is 17.1. The summed E-state index contributed by atoms with van der Waals surface area (Å²) in [4.78, 5) is 8.68. The van der Waals surface area contributed by atoms with Gasteiger partial charge >= 0.3 is 0 Å². The summed E-state index contributed by atoms with van der Waals surface area (Å²) in [5, 5.41) is 4.16. The van der Waals surface area contributed by atoms with Crippen LogP contribution in [0.5, 0.6) is 0 Å². The third-order valence-corrected chi connectivity index (χ3v) is 4.14. The molecule has 0 saturated carbocycles. The van der Waals surface area contributed by atoms with E-state index in [-0.39, 0.29) is 6.10 Å². The van der Waals surface area contributed by atoms with Crippen molar-refractivity contribution in [1.82, 2.24) is 15.1 Å². The summed E-state index contributed by atoms with van der Waals surface area (Å²) in [5.74, 6) is 0.844. The van der Waals surface area contributed by atoms with Crippen molar-refractivity contribution in [1.29, 1.82) is 0 Å². The number of hydrogen-bond acceptors (Lipinski definition) is 3. The lowest BCUT2D eigenvalue weighted by atomic mass is 10.2. The first-order valence-corrected chi connectivity index (χ1v) is 7.93. The molecule has 1 aromatic carbocycles. The van der Waals surface area contributed by atoms with Gasteiger partial charge in [0.25, 0.3) is 0 Å². The molecule has 2 rings (SSSR count). The minimum Gasteiger partial charge on any atom is -0.374 e. The van der Waals surface area contributed by atoms with E-state index in [0.29, 0.717) is 6.54 Å². The molecule has 1 saturated heterocycles. The molecule has 1 N–H and O–H groups in total. The molecule has 1 aromatic rings. The molecule has 5 nitrogen and oxygen atoms in total. The Kier molecular flexibility index (Phi) is 6.49. The Balaban J connectivity index is 1.87. The first-order chi connectivity index (χ1) is 10.6. The Labute approximate surface area is 137 Å². The van der Waals surface area contributed by atoms with Gasteiger partial charge in [0.1, 0.15) is 0 Å². The topological polar surface area (TPSA) is 40.1 Å².